The van der Waals surface area contributed by atoms with E-state index in [-0.39, 0.29) is 5.95 Å². The van der Waals surface area contributed by atoms with Crippen LogP contribution in [0.3, 0.4) is 0 Å². The van der Waals surface area contributed by atoms with E-state index >= 15 is 0 Å². The monoisotopic (exact) mass is 234 g/mol. The first-order valence-corrected chi connectivity index (χ1v) is 5.83. The summed E-state index contributed by atoms with van der Waals surface area (Å²) in [6.07, 6.45) is 5.15. The predicted molar refractivity (Wildman–Crippen MR) is 62.8 cm³/mol. The molecule has 1 aromatic rings. The number of carbonyl (C=O) groups excluding carboxylic acids is 1. The van der Waals surface area contributed by atoms with Crippen molar-refractivity contribution in [2.24, 2.45) is 0 Å². The zero-order valence-electron chi connectivity index (χ0n) is 9.31. The van der Waals surface area contributed by atoms with Gasteiger partial charge in [0.05, 0.1) is 0 Å². The topological polar surface area (TPSA) is 91.8 Å². The molecule has 90 valence electrons. The normalized spacial score (nSPS) is 18.6. The minimum absolute atomic E-state index is 0.279. The molecule has 17 heavy (non-hydrogen) atoms. The Bertz CT molecular complexity index is 397. The summed E-state index contributed by atoms with van der Waals surface area (Å²) in [5.41, 5.74) is 0. The largest absolute Gasteiger partial charge is 0.351 e. The average Bonchev–Trinajstić information content (AvgIpc) is 3.14. The Balaban J connectivity index is 1.78. The lowest BCUT2D eigenvalue weighted by molar-refractivity contribution is -0.105. The van der Waals surface area contributed by atoms with Crippen LogP contribution in [-0.2, 0) is 4.79 Å². The smallest absolute Gasteiger partial charge is 0.235 e. The molecule has 0 radical (unpaired) electrons. The highest BCUT2D eigenvalue weighted by Crippen LogP contribution is 2.26. The van der Waals surface area contributed by atoms with Crippen molar-refractivity contribution in [2.45, 2.75) is 37.8 Å². The van der Waals surface area contributed by atoms with Gasteiger partial charge in [0.1, 0.15) is 0 Å². The maximum Gasteiger partial charge on any atom is 0.235 e. The molecule has 0 spiro atoms. The Morgan fingerprint density at radius 3 is 1.76 bits per heavy atom. The van der Waals surface area contributed by atoms with Crippen LogP contribution < -0.4 is 16.0 Å². The first-order valence-electron chi connectivity index (χ1n) is 5.83. The first kappa shape index (κ1) is 10.2. The van der Waals surface area contributed by atoms with E-state index in [0.717, 1.165) is 25.7 Å². The molecule has 0 bridgehead atoms. The number of carbonyl (C=O) groups is 1. The number of nitrogens with one attached hydrogen (secondary N) is 3. The molecule has 0 saturated heterocycles. The highest BCUT2D eigenvalue weighted by Gasteiger charge is 2.24. The highest BCUT2D eigenvalue weighted by molar-refractivity contribution is 5.67. The standard InChI is InChI=1S/C10H14N6O/c17-5-11-8-14-9(12-6-1-2-6)16-10(15-8)13-7-3-4-7/h5-7H,1-4H2,(H3,11,12,13,14,15,16,17). The van der Waals surface area contributed by atoms with Crippen LogP contribution in [0.5, 0.6) is 0 Å². The Kier molecular flexibility index (Phi) is 2.50. The molecule has 3 N–H and O–H groups in total. The number of hydrogen-bond donors (Lipinski definition) is 3. The van der Waals surface area contributed by atoms with Gasteiger partial charge in [-0.25, -0.2) is 0 Å². The van der Waals surface area contributed by atoms with Gasteiger partial charge in [0.25, 0.3) is 0 Å². The molecule has 0 aromatic carbocycles. The Morgan fingerprint density at radius 1 is 0.882 bits per heavy atom. The number of aromatic nitrogens is 3. The van der Waals surface area contributed by atoms with E-state index in [0.29, 0.717) is 30.4 Å². The molecule has 2 fully saturated rings. The minimum atomic E-state index is 0.279. The van der Waals surface area contributed by atoms with Gasteiger partial charge in [-0.15, -0.1) is 0 Å². The molecule has 1 aromatic heterocycles. The summed E-state index contributed by atoms with van der Waals surface area (Å²) in [7, 11) is 0. The van der Waals surface area contributed by atoms with Crippen molar-refractivity contribution in [1.82, 2.24) is 15.0 Å². The second kappa shape index (κ2) is 4.15. The Morgan fingerprint density at radius 2 is 1.35 bits per heavy atom. The summed E-state index contributed by atoms with van der Waals surface area (Å²) >= 11 is 0. The summed E-state index contributed by atoms with van der Waals surface area (Å²) < 4.78 is 0. The van der Waals surface area contributed by atoms with Gasteiger partial charge in [0.15, 0.2) is 0 Å². The molecular weight excluding hydrogens is 220 g/mol. The van der Waals surface area contributed by atoms with Crippen LogP contribution in [0.25, 0.3) is 0 Å². The molecule has 7 nitrogen and oxygen atoms in total. The third kappa shape index (κ3) is 2.80. The van der Waals surface area contributed by atoms with E-state index < -0.39 is 0 Å². The van der Waals surface area contributed by atoms with Crippen molar-refractivity contribution in [3.05, 3.63) is 0 Å². The van der Waals surface area contributed by atoms with Crippen molar-refractivity contribution in [3.8, 4) is 0 Å². The number of amides is 1. The third-order valence-corrected chi connectivity index (χ3v) is 2.64. The fraction of sp³-hybridized carbons (Fsp3) is 0.600. The minimum Gasteiger partial charge on any atom is -0.351 e. The number of anilines is 3. The summed E-state index contributed by atoms with van der Waals surface area (Å²) in [5, 5.41) is 8.83. The summed E-state index contributed by atoms with van der Waals surface area (Å²) in [4.78, 5) is 22.9. The molecule has 1 heterocycles. The van der Waals surface area contributed by atoms with E-state index in [4.69, 9.17) is 0 Å². The second-order valence-corrected chi connectivity index (χ2v) is 4.41. The molecule has 2 saturated carbocycles. The third-order valence-electron chi connectivity index (χ3n) is 2.64. The second-order valence-electron chi connectivity index (χ2n) is 4.41. The molecule has 3 rings (SSSR count). The van der Waals surface area contributed by atoms with Gasteiger partial charge in [-0.1, -0.05) is 0 Å². The van der Waals surface area contributed by atoms with Crippen LogP contribution in [0.4, 0.5) is 17.8 Å². The summed E-state index contributed by atoms with van der Waals surface area (Å²) in [5.74, 6) is 1.33. The zero-order chi connectivity index (χ0) is 11.7. The molecule has 7 heteroatoms. The van der Waals surface area contributed by atoms with E-state index in [1.165, 1.54) is 0 Å². The molecule has 0 atom stereocenters. The Labute approximate surface area is 98.4 Å². The van der Waals surface area contributed by atoms with Gasteiger partial charge in [-0.2, -0.15) is 15.0 Å². The van der Waals surface area contributed by atoms with Crippen molar-refractivity contribution in [3.63, 3.8) is 0 Å². The SMILES string of the molecule is O=CNc1nc(NC2CC2)nc(NC2CC2)n1. The van der Waals surface area contributed by atoms with Gasteiger partial charge >= 0.3 is 0 Å². The molecule has 2 aliphatic carbocycles. The first-order chi connectivity index (χ1) is 8.33. The lowest BCUT2D eigenvalue weighted by Gasteiger charge is -2.08. The molecule has 0 unspecified atom stereocenters. The van der Waals surface area contributed by atoms with Crippen molar-refractivity contribution in [2.75, 3.05) is 16.0 Å². The number of hydrogen-bond acceptors (Lipinski definition) is 6. The van der Waals surface area contributed by atoms with Crippen molar-refractivity contribution < 1.29 is 4.79 Å². The molecule has 1 amide bonds. The number of nitrogens with zero attached hydrogens (tertiary/aromatic N) is 3. The van der Waals surface area contributed by atoms with Crippen LogP contribution >= 0.6 is 0 Å². The Hall–Kier alpha value is -1.92. The van der Waals surface area contributed by atoms with Gasteiger partial charge in [-0.3, -0.25) is 10.1 Å². The van der Waals surface area contributed by atoms with E-state index in [1.54, 1.807) is 0 Å². The lowest BCUT2D eigenvalue weighted by atomic mass is 10.6. The van der Waals surface area contributed by atoms with Crippen molar-refractivity contribution >= 4 is 24.3 Å². The van der Waals surface area contributed by atoms with Crippen LogP contribution in [0.1, 0.15) is 25.7 Å². The molecule has 0 aliphatic heterocycles. The van der Waals surface area contributed by atoms with E-state index in [9.17, 15) is 4.79 Å². The fourth-order valence-corrected chi connectivity index (χ4v) is 1.44. The summed E-state index contributed by atoms with van der Waals surface area (Å²) in [6.45, 7) is 0. The predicted octanol–water partition coefficient (Wildman–Crippen LogP) is 0.588. The van der Waals surface area contributed by atoms with E-state index in [2.05, 4.69) is 30.9 Å². The molecular formula is C10H14N6O. The fourth-order valence-electron chi connectivity index (χ4n) is 1.44. The van der Waals surface area contributed by atoms with Crippen LogP contribution in [0, 0.1) is 0 Å². The summed E-state index contributed by atoms with van der Waals surface area (Å²) in [6, 6.07) is 0.936. The zero-order valence-corrected chi connectivity index (χ0v) is 9.31. The van der Waals surface area contributed by atoms with Crippen LogP contribution in [0.2, 0.25) is 0 Å². The van der Waals surface area contributed by atoms with Crippen LogP contribution in [-0.4, -0.2) is 33.4 Å². The maximum atomic E-state index is 10.4. The van der Waals surface area contributed by atoms with Gasteiger partial charge < -0.3 is 10.6 Å². The quantitative estimate of drug-likeness (QED) is 0.624. The van der Waals surface area contributed by atoms with Gasteiger partial charge in [0.2, 0.25) is 24.3 Å². The van der Waals surface area contributed by atoms with Gasteiger partial charge in [-0.05, 0) is 25.7 Å². The van der Waals surface area contributed by atoms with Gasteiger partial charge in [0, 0.05) is 12.1 Å². The highest BCUT2D eigenvalue weighted by atomic mass is 16.1. The number of rotatable bonds is 6. The van der Waals surface area contributed by atoms with Crippen molar-refractivity contribution in [1.29, 1.82) is 0 Å². The van der Waals surface area contributed by atoms with Crippen LogP contribution in [0.15, 0.2) is 0 Å². The van der Waals surface area contributed by atoms with E-state index in [1.807, 2.05) is 0 Å². The molecule has 2 aliphatic rings. The maximum absolute atomic E-state index is 10.4. The average molecular weight is 234 g/mol. The lowest BCUT2D eigenvalue weighted by Crippen LogP contribution is -2.13.